The largest absolute Gasteiger partial charge is 0.416 e. The highest BCUT2D eigenvalue weighted by Gasteiger charge is 2.43. The van der Waals surface area contributed by atoms with Crippen LogP contribution in [0, 0.1) is 5.92 Å². The molecule has 0 spiro atoms. The first kappa shape index (κ1) is 22.8. The molecule has 2 heterocycles. The fraction of sp³-hybridized carbons (Fsp3) is 0.458. The van der Waals surface area contributed by atoms with Crippen molar-refractivity contribution in [3.63, 3.8) is 0 Å². The first-order chi connectivity index (χ1) is 15.2. The van der Waals surface area contributed by atoms with Gasteiger partial charge in [-0.1, -0.05) is 18.5 Å². The molecule has 0 radical (unpaired) electrons. The van der Waals surface area contributed by atoms with Gasteiger partial charge in [0.1, 0.15) is 0 Å². The van der Waals surface area contributed by atoms with Crippen molar-refractivity contribution >= 4 is 28.9 Å². The number of halogens is 4. The molecule has 2 aliphatic rings. The van der Waals surface area contributed by atoms with Crippen molar-refractivity contribution < 1.29 is 18.0 Å². The number of nitrogens with zero attached hydrogens (tertiary/aromatic N) is 2. The van der Waals surface area contributed by atoms with E-state index in [1.165, 1.54) is 6.07 Å². The molecule has 2 aromatic rings. The van der Waals surface area contributed by atoms with Gasteiger partial charge in [-0.25, -0.2) is 0 Å². The Labute approximate surface area is 191 Å². The van der Waals surface area contributed by atoms with Crippen LogP contribution in [0.3, 0.4) is 0 Å². The summed E-state index contributed by atoms with van der Waals surface area (Å²) in [4.78, 5) is 17.5. The van der Waals surface area contributed by atoms with Gasteiger partial charge in [0.25, 0.3) is 0 Å². The van der Waals surface area contributed by atoms with Gasteiger partial charge in [0.05, 0.1) is 17.5 Å². The summed E-state index contributed by atoms with van der Waals surface area (Å²) >= 11 is 6.03. The molecule has 1 N–H and O–H groups in total. The van der Waals surface area contributed by atoms with Crippen LogP contribution >= 0.6 is 11.6 Å². The van der Waals surface area contributed by atoms with Crippen molar-refractivity contribution in [1.82, 2.24) is 5.32 Å². The maximum absolute atomic E-state index is 13.3. The van der Waals surface area contributed by atoms with Crippen molar-refractivity contribution in [1.29, 1.82) is 0 Å². The molecule has 0 saturated carbocycles. The molecule has 1 fully saturated rings. The number of alkyl halides is 3. The smallest absolute Gasteiger partial charge is 0.368 e. The van der Waals surface area contributed by atoms with Gasteiger partial charge < -0.3 is 15.1 Å². The Kier molecular flexibility index (Phi) is 6.30. The number of fused-ring (bicyclic) bond motifs is 3. The second-order valence-corrected chi connectivity index (χ2v) is 9.09. The van der Waals surface area contributed by atoms with Gasteiger partial charge in [0, 0.05) is 42.1 Å². The Morgan fingerprint density at radius 1 is 1.19 bits per heavy atom. The lowest BCUT2D eigenvalue weighted by Gasteiger charge is -2.50. The number of anilines is 2. The molecule has 4 rings (SSSR count). The minimum Gasteiger partial charge on any atom is -0.368 e. The fourth-order valence-electron chi connectivity index (χ4n) is 4.64. The molecule has 1 amide bonds. The zero-order valence-electron chi connectivity index (χ0n) is 18.1. The van der Waals surface area contributed by atoms with Crippen molar-refractivity contribution in [3.8, 4) is 0 Å². The summed E-state index contributed by atoms with van der Waals surface area (Å²) in [5, 5.41) is 3.70. The number of benzene rings is 2. The molecule has 0 aliphatic carbocycles. The fourth-order valence-corrected chi connectivity index (χ4v) is 4.76. The van der Waals surface area contributed by atoms with Crippen molar-refractivity contribution in [3.05, 3.63) is 58.6 Å². The van der Waals surface area contributed by atoms with Crippen LogP contribution in [0.25, 0.3) is 0 Å². The summed E-state index contributed by atoms with van der Waals surface area (Å²) in [7, 11) is 0. The van der Waals surface area contributed by atoms with Gasteiger partial charge in [0.15, 0.2) is 0 Å². The Bertz CT molecular complexity index is 979. The van der Waals surface area contributed by atoms with Gasteiger partial charge in [-0.05, 0) is 67.8 Å². The summed E-state index contributed by atoms with van der Waals surface area (Å²) in [5.74, 6) is -0.537. The molecular formula is C24H27ClF3N3O. The molecule has 32 heavy (non-hydrogen) atoms. The number of rotatable bonds is 4. The molecular weight excluding hydrogens is 439 g/mol. The number of hydrogen-bond donors (Lipinski definition) is 1. The summed E-state index contributed by atoms with van der Waals surface area (Å²) < 4.78 is 40.0. The molecule has 8 heteroatoms. The summed E-state index contributed by atoms with van der Waals surface area (Å²) in [5.41, 5.74) is 1.73. The molecule has 2 aromatic carbocycles. The maximum atomic E-state index is 13.3. The third-order valence-corrected chi connectivity index (χ3v) is 6.82. The van der Waals surface area contributed by atoms with E-state index in [-0.39, 0.29) is 24.4 Å². The van der Waals surface area contributed by atoms with Gasteiger partial charge in [-0.2, -0.15) is 13.2 Å². The van der Waals surface area contributed by atoms with Crippen LogP contribution in [0.4, 0.5) is 24.5 Å². The van der Waals surface area contributed by atoms with E-state index in [1.54, 1.807) is 6.07 Å². The topological polar surface area (TPSA) is 35.6 Å². The van der Waals surface area contributed by atoms with Gasteiger partial charge in [0.2, 0.25) is 5.91 Å². The highest BCUT2D eigenvalue weighted by molar-refractivity contribution is 6.30. The van der Waals surface area contributed by atoms with E-state index in [1.807, 2.05) is 38.1 Å². The van der Waals surface area contributed by atoms with E-state index >= 15 is 0 Å². The van der Waals surface area contributed by atoms with Gasteiger partial charge in [-0.3, -0.25) is 4.79 Å². The molecule has 3 atom stereocenters. The summed E-state index contributed by atoms with van der Waals surface area (Å²) in [6.07, 6.45) is -3.33. The monoisotopic (exact) mass is 465 g/mol. The lowest BCUT2D eigenvalue weighted by molar-refractivity contribution is -0.137. The van der Waals surface area contributed by atoms with Crippen LogP contribution in [0.15, 0.2) is 42.5 Å². The first-order valence-electron chi connectivity index (χ1n) is 10.9. The number of hydrogen-bond acceptors (Lipinski definition) is 3. The Morgan fingerprint density at radius 3 is 2.56 bits per heavy atom. The average molecular weight is 466 g/mol. The molecule has 1 saturated heterocycles. The van der Waals surface area contributed by atoms with Crippen LogP contribution in [-0.4, -0.2) is 37.6 Å². The lowest BCUT2D eigenvalue weighted by Crippen LogP contribution is -2.61. The number of nitrogens with one attached hydrogen (secondary N) is 1. The predicted octanol–water partition coefficient (Wildman–Crippen LogP) is 5.14. The SMILES string of the molecule is CC[C@H](C)NC(=O)[C@@H]1Cc2cc(C(F)(F)F)ccc2N2CCN(c3ccc(Cl)cc3)C[C@@H]12. The van der Waals surface area contributed by atoms with E-state index < -0.39 is 17.7 Å². The highest BCUT2D eigenvalue weighted by Crippen LogP contribution is 2.40. The quantitative estimate of drug-likeness (QED) is 0.679. The van der Waals surface area contributed by atoms with E-state index in [0.717, 1.165) is 23.9 Å². The number of carbonyl (C=O) groups is 1. The molecule has 4 nitrogen and oxygen atoms in total. The molecule has 0 unspecified atom stereocenters. The van der Waals surface area contributed by atoms with E-state index in [2.05, 4.69) is 15.1 Å². The molecule has 172 valence electrons. The normalized spacial score (nSPS) is 21.6. The minimum atomic E-state index is -4.41. The second-order valence-electron chi connectivity index (χ2n) is 8.65. The molecule has 0 bridgehead atoms. The third-order valence-electron chi connectivity index (χ3n) is 6.57. The van der Waals surface area contributed by atoms with Crippen LogP contribution in [-0.2, 0) is 17.4 Å². The van der Waals surface area contributed by atoms with Crippen LogP contribution < -0.4 is 15.1 Å². The number of piperazine rings is 1. The number of amides is 1. The Morgan fingerprint density at radius 2 is 1.91 bits per heavy atom. The minimum absolute atomic E-state index is 0.00909. The highest BCUT2D eigenvalue weighted by atomic mass is 35.5. The zero-order valence-corrected chi connectivity index (χ0v) is 18.9. The average Bonchev–Trinajstić information content (AvgIpc) is 2.77. The van der Waals surface area contributed by atoms with Crippen molar-refractivity contribution in [2.45, 2.75) is 44.9 Å². The number of carbonyl (C=O) groups excluding carboxylic acids is 1. The van der Waals surface area contributed by atoms with Crippen molar-refractivity contribution in [2.75, 3.05) is 29.4 Å². The standard InChI is InChI=1S/C24H27ClF3N3O/c1-3-15(2)29-23(32)20-13-16-12-17(24(26,27)28)4-9-21(16)31-11-10-30(14-22(20)31)19-7-5-18(25)6-8-19/h4-9,12,15,20,22H,3,10-11,13-14H2,1-2H3,(H,29,32)/t15-,20+,22-/m0/s1. The van der Waals surface area contributed by atoms with Gasteiger partial charge in [-0.15, -0.1) is 0 Å². The van der Waals surface area contributed by atoms with Crippen LogP contribution in [0.5, 0.6) is 0 Å². The first-order valence-corrected chi connectivity index (χ1v) is 11.3. The van der Waals surface area contributed by atoms with E-state index in [4.69, 9.17) is 11.6 Å². The lowest BCUT2D eigenvalue weighted by atomic mass is 9.82. The predicted molar refractivity (Wildman–Crippen MR) is 121 cm³/mol. The van der Waals surface area contributed by atoms with Crippen molar-refractivity contribution in [2.24, 2.45) is 5.92 Å². The van der Waals surface area contributed by atoms with E-state index in [9.17, 15) is 18.0 Å². The van der Waals surface area contributed by atoms with Crippen LogP contribution in [0.2, 0.25) is 5.02 Å². The Hall–Kier alpha value is -2.41. The van der Waals surface area contributed by atoms with Gasteiger partial charge >= 0.3 is 6.18 Å². The van der Waals surface area contributed by atoms with Crippen LogP contribution in [0.1, 0.15) is 31.4 Å². The Balaban J connectivity index is 1.67. The molecule has 2 aliphatic heterocycles. The maximum Gasteiger partial charge on any atom is 0.416 e. The summed E-state index contributed by atoms with van der Waals surface area (Å²) in [6.45, 7) is 5.87. The summed E-state index contributed by atoms with van der Waals surface area (Å²) in [6, 6.07) is 11.4. The third kappa shape index (κ3) is 4.53. The molecule has 0 aromatic heterocycles. The second kappa shape index (κ2) is 8.85. The zero-order chi connectivity index (χ0) is 23.0. The van der Waals surface area contributed by atoms with E-state index in [0.29, 0.717) is 30.2 Å².